The highest BCUT2D eigenvalue weighted by Crippen LogP contribution is 2.37. The lowest BCUT2D eigenvalue weighted by Gasteiger charge is -2.12. The van der Waals surface area contributed by atoms with Crippen molar-refractivity contribution in [2.75, 3.05) is 20.3 Å². The number of hydrogen-bond acceptors (Lipinski definition) is 7. The smallest absolute Gasteiger partial charge is 0.338 e. The van der Waals surface area contributed by atoms with Crippen molar-refractivity contribution in [1.29, 1.82) is 0 Å². The molecule has 156 valence electrons. The molecule has 0 saturated carbocycles. The van der Waals surface area contributed by atoms with Crippen LogP contribution in [0.15, 0.2) is 52.4 Å². The van der Waals surface area contributed by atoms with Gasteiger partial charge in [0.1, 0.15) is 0 Å². The van der Waals surface area contributed by atoms with Gasteiger partial charge < -0.3 is 14.6 Å². The summed E-state index contributed by atoms with van der Waals surface area (Å²) in [6.45, 7) is 4.38. The number of likely N-dealkylation sites (N-methyl/N-ethyl adjacent to an activating group) is 1. The van der Waals surface area contributed by atoms with Gasteiger partial charge in [-0.15, -0.1) is 0 Å². The zero-order valence-corrected chi connectivity index (χ0v) is 17.7. The molecule has 3 rings (SSSR count). The largest absolute Gasteiger partial charge is 0.504 e. The fraction of sp³-hybridized carbons (Fsp3) is 0.227. The normalized spacial score (nSPS) is 16.4. The van der Waals surface area contributed by atoms with Crippen LogP contribution in [0, 0.1) is 0 Å². The molecule has 0 bridgehead atoms. The van der Waals surface area contributed by atoms with E-state index < -0.39 is 0 Å². The molecule has 0 aliphatic carbocycles. The summed E-state index contributed by atoms with van der Waals surface area (Å²) in [5, 5.41) is 10.8. The van der Waals surface area contributed by atoms with Crippen molar-refractivity contribution in [3.63, 3.8) is 0 Å². The number of amides is 1. The van der Waals surface area contributed by atoms with Crippen molar-refractivity contribution in [1.82, 2.24) is 4.90 Å². The van der Waals surface area contributed by atoms with Crippen LogP contribution in [0.1, 0.15) is 29.8 Å². The van der Waals surface area contributed by atoms with Gasteiger partial charge in [-0.25, -0.2) is 9.79 Å². The van der Waals surface area contributed by atoms with Crippen molar-refractivity contribution < 1.29 is 24.2 Å². The van der Waals surface area contributed by atoms with E-state index in [0.717, 1.165) is 0 Å². The highest BCUT2D eigenvalue weighted by molar-refractivity contribution is 8.18. The number of methoxy groups -OCH3 is 1. The molecule has 30 heavy (non-hydrogen) atoms. The number of hydrogen-bond donors (Lipinski definition) is 1. The van der Waals surface area contributed by atoms with E-state index in [4.69, 9.17) is 9.47 Å². The number of phenols is 1. The van der Waals surface area contributed by atoms with E-state index in [9.17, 15) is 14.7 Å². The third-order valence-electron chi connectivity index (χ3n) is 4.34. The van der Waals surface area contributed by atoms with E-state index in [1.165, 1.54) is 18.9 Å². The predicted octanol–water partition coefficient (Wildman–Crippen LogP) is 4.20. The molecule has 1 aliphatic heterocycles. The molecular formula is C22H22N2O5S. The number of esters is 1. The Bertz CT molecular complexity index is 1010. The van der Waals surface area contributed by atoms with Crippen molar-refractivity contribution in [3.05, 3.63) is 58.5 Å². The second-order valence-electron chi connectivity index (χ2n) is 6.22. The number of nitrogens with zero attached hydrogens (tertiary/aromatic N) is 2. The first-order chi connectivity index (χ1) is 14.5. The Labute approximate surface area is 179 Å². The highest BCUT2D eigenvalue weighted by atomic mass is 32.2. The summed E-state index contributed by atoms with van der Waals surface area (Å²) in [7, 11) is 1.47. The Hall–Kier alpha value is -3.26. The first-order valence-electron chi connectivity index (χ1n) is 9.41. The van der Waals surface area contributed by atoms with Crippen molar-refractivity contribution in [2.45, 2.75) is 13.8 Å². The molecule has 1 N–H and O–H groups in total. The number of aromatic hydroxyl groups is 1. The number of phenolic OH excluding ortho intramolecular Hbond substituents is 1. The van der Waals surface area contributed by atoms with Crippen LogP contribution in [-0.4, -0.2) is 47.3 Å². The molecule has 1 heterocycles. The van der Waals surface area contributed by atoms with Gasteiger partial charge in [-0.1, -0.05) is 12.1 Å². The minimum Gasteiger partial charge on any atom is -0.504 e. The molecule has 0 unspecified atom stereocenters. The van der Waals surface area contributed by atoms with Crippen molar-refractivity contribution in [2.24, 2.45) is 4.99 Å². The number of carbonyl (C=O) groups is 2. The lowest BCUT2D eigenvalue weighted by molar-refractivity contribution is -0.122. The number of ether oxygens (including phenoxy) is 2. The zero-order valence-electron chi connectivity index (χ0n) is 16.9. The molecule has 7 nitrogen and oxygen atoms in total. The Morgan fingerprint density at radius 1 is 1.20 bits per heavy atom. The Morgan fingerprint density at radius 3 is 2.57 bits per heavy atom. The van der Waals surface area contributed by atoms with E-state index in [1.54, 1.807) is 60.4 Å². The van der Waals surface area contributed by atoms with E-state index in [1.807, 2.05) is 6.92 Å². The third kappa shape index (κ3) is 4.49. The van der Waals surface area contributed by atoms with Crippen LogP contribution in [0.3, 0.4) is 0 Å². The van der Waals surface area contributed by atoms with Crippen LogP contribution in [0.5, 0.6) is 11.5 Å². The van der Waals surface area contributed by atoms with E-state index in [0.29, 0.717) is 45.8 Å². The molecule has 1 saturated heterocycles. The van der Waals surface area contributed by atoms with Gasteiger partial charge in [0.05, 0.1) is 29.9 Å². The van der Waals surface area contributed by atoms with Crippen molar-refractivity contribution >= 4 is 40.6 Å². The third-order valence-corrected chi connectivity index (χ3v) is 5.35. The molecule has 1 aliphatic rings. The molecule has 2 aromatic rings. The SMILES string of the molecule is CCOC(=O)c1ccc(N=C2S/C(=C/c3cccc(OC)c3O)C(=O)N2CC)cc1. The van der Waals surface area contributed by atoms with Crippen molar-refractivity contribution in [3.8, 4) is 11.5 Å². The van der Waals surface area contributed by atoms with Crippen LogP contribution >= 0.6 is 11.8 Å². The summed E-state index contributed by atoms with van der Waals surface area (Å²) in [6.07, 6.45) is 1.62. The minimum atomic E-state index is -0.388. The second-order valence-corrected chi connectivity index (χ2v) is 7.23. The van der Waals surface area contributed by atoms with Gasteiger partial charge >= 0.3 is 5.97 Å². The summed E-state index contributed by atoms with van der Waals surface area (Å²) in [5.74, 6) is -0.265. The Morgan fingerprint density at radius 2 is 1.93 bits per heavy atom. The second kappa shape index (κ2) is 9.49. The fourth-order valence-electron chi connectivity index (χ4n) is 2.83. The number of aliphatic imine (C=N–C) groups is 1. The molecule has 0 radical (unpaired) electrons. The topological polar surface area (TPSA) is 88.4 Å². The number of benzene rings is 2. The highest BCUT2D eigenvalue weighted by Gasteiger charge is 2.32. The monoisotopic (exact) mass is 426 g/mol. The molecule has 1 fully saturated rings. The Balaban J connectivity index is 1.88. The molecule has 8 heteroatoms. The maximum atomic E-state index is 12.8. The summed E-state index contributed by atoms with van der Waals surface area (Å²) in [6, 6.07) is 11.8. The number of amidine groups is 1. The van der Waals surface area contributed by atoms with Gasteiger partial charge in [0.25, 0.3) is 5.91 Å². The van der Waals surface area contributed by atoms with E-state index in [-0.39, 0.29) is 17.6 Å². The molecule has 1 amide bonds. The lowest BCUT2D eigenvalue weighted by atomic mass is 10.1. The quantitative estimate of drug-likeness (QED) is 0.550. The first-order valence-corrected chi connectivity index (χ1v) is 10.2. The van der Waals surface area contributed by atoms with E-state index in [2.05, 4.69) is 4.99 Å². The number of carbonyl (C=O) groups excluding carboxylic acids is 2. The van der Waals surface area contributed by atoms with Gasteiger partial charge in [-0.3, -0.25) is 9.69 Å². The number of rotatable bonds is 6. The standard InChI is InChI=1S/C22H22N2O5S/c1-4-24-20(26)18(13-15-7-6-8-17(28-3)19(15)25)30-22(24)23-16-11-9-14(10-12-16)21(27)29-5-2/h6-13,25H,4-5H2,1-3H3/b18-13+,23-22?. The van der Waals surface area contributed by atoms with Crippen LogP contribution in [0.25, 0.3) is 6.08 Å². The van der Waals surface area contributed by atoms with Crippen LogP contribution in [0.2, 0.25) is 0 Å². The summed E-state index contributed by atoms with van der Waals surface area (Å²) in [4.78, 5) is 31.2. The first kappa shape index (κ1) is 21.4. The van der Waals surface area contributed by atoms with E-state index >= 15 is 0 Å². The van der Waals surface area contributed by atoms with Gasteiger partial charge in [0, 0.05) is 12.1 Å². The molecule has 0 spiro atoms. The Kier molecular flexibility index (Phi) is 6.79. The number of thioether (sulfide) groups is 1. The maximum Gasteiger partial charge on any atom is 0.338 e. The van der Waals surface area contributed by atoms with Gasteiger partial charge in [0.15, 0.2) is 16.7 Å². The summed E-state index contributed by atoms with van der Waals surface area (Å²) < 4.78 is 10.1. The van der Waals surface area contributed by atoms with Gasteiger partial charge in [-0.05, 0) is 62.0 Å². The van der Waals surface area contributed by atoms with Gasteiger partial charge in [-0.2, -0.15) is 0 Å². The zero-order chi connectivity index (χ0) is 21.7. The molecule has 0 atom stereocenters. The lowest BCUT2D eigenvalue weighted by Crippen LogP contribution is -2.28. The summed E-state index contributed by atoms with van der Waals surface area (Å²) >= 11 is 1.23. The summed E-state index contributed by atoms with van der Waals surface area (Å²) in [5.41, 5.74) is 1.54. The number of para-hydroxylation sites is 1. The molecule has 2 aromatic carbocycles. The van der Waals surface area contributed by atoms with Crippen LogP contribution in [0.4, 0.5) is 5.69 Å². The maximum absolute atomic E-state index is 12.8. The van der Waals surface area contributed by atoms with Crippen LogP contribution < -0.4 is 4.74 Å². The average molecular weight is 426 g/mol. The minimum absolute atomic E-state index is 0.0242. The molecule has 0 aromatic heterocycles. The predicted molar refractivity (Wildman–Crippen MR) is 117 cm³/mol. The average Bonchev–Trinajstić information content (AvgIpc) is 3.04. The molecular weight excluding hydrogens is 404 g/mol. The van der Waals surface area contributed by atoms with Crippen LogP contribution in [-0.2, 0) is 9.53 Å². The van der Waals surface area contributed by atoms with Gasteiger partial charge in [0.2, 0.25) is 0 Å². The fourth-order valence-corrected chi connectivity index (χ4v) is 3.88.